The molecule has 1 aliphatic carbocycles. The van der Waals surface area contributed by atoms with Gasteiger partial charge in [-0.2, -0.15) is 0 Å². The number of nitrogens with zero attached hydrogens (tertiary/aromatic N) is 2. The SMILES string of the molecule is O=C(CCc1nc2ccccc2c(=O)n1C1CC1)NCCNS(=O)(=O)c1cccc(Cl)c1. The van der Waals surface area contributed by atoms with Crippen LogP contribution >= 0.6 is 11.6 Å². The fourth-order valence-corrected chi connectivity index (χ4v) is 4.83. The van der Waals surface area contributed by atoms with Crippen molar-refractivity contribution in [2.45, 2.75) is 36.6 Å². The van der Waals surface area contributed by atoms with Gasteiger partial charge >= 0.3 is 0 Å². The van der Waals surface area contributed by atoms with Crippen molar-refractivity contribution in [3.8, 4) is 0 Å². The molecule has 1 heterocycles. The molecule has 32 heavy (non-hydrogen) atoms. The molecule has 8 nitrogen and oxygen atoms in total. The fraction of sp³-hybridized carbons (Fsp3) is 0.318. The van der Waals surface area contributed by atoms with Crippen molar-refractivity contribution < 1.29 is 13.2 Å². The van der Waals surface area contributed by atoms with E-state index in [1.807, 2.05) is 12.1 Å². The zero-order chi connectivity index (χ0) is 22.7. The summed E-state index contributed by atoms with van der Waals surface area (Å²) in [5.41, 5.74) is 0.559. The van der Waals surface area contributed by atoms with Crippen LogP contribution < -0.4 is 15.6 Å². The summed E-state index contributed by atoms with van der Waals surface area (Å²) >= 11 is 5.84. The Morgan fingerprint density at radius 2 is 1.91 bits per heavy atom. The lowest BCUT2D eigenvalue weighted by Crippen LogP contribution is -2.35. The van der Waals surface area contributed by atoms with Crippen LogP contribution in [0.3, 0.4) is 0 Å². The van der Waals surface area contributed by atoms with Crippen molar-refractivity contribution >= 4 is 38.4 Å². The maximum atomic E-state index is 12.9. The summed E-state index contributed by atoms with van der Waals surface area (Å²) < 4.78 is 28.7. The Kier molecular flexibility index (Phi) is 6.59. The van der Waals surface area contributed by atoms with Crippen molar-refractivity contribution in [2.24, 2.45) is 0 Å². The first-order valence-corrected chi connectivity index (χ1v) is 12.2. The molecule has 1 fully saturated rings. The molecule has 0 aliphatic heterocycles. The van der Waals surface area contributed by atoms with Gasteiger partial charge in [0.2, 0.25) is 15.9 Å². The van der Waals surface area contributed by atoms with Crippen LogP contribution in [-0.2, 0) is 21.2 Å². The second kappa shape index (κ2) is 9.40. The number of aryl methyl sites for hydroxylation is 1. The summed E-state index contributed by atoms with van der Waals surface area (Å²) in [4.78, 5) is 29.8. The van der Waals surface area contributed by atoms with Crippen LogP contribution in [0.15, 0.2) is 58.2 Å². The van der Waals surface area contributed by atoms with Crippen LogP contribution in [0.25, 0.3) is 10.9 Å². The average Bonchev–Trinajstić information content (AvgIpc) is 3.60. The van der Waals surface area contributed by atoms with Crippen molar-refractivity contribution in [1.29, 1.82) is 0 Å². The van der Waals surface area contributed by atoms with E-state index >= 15 is 0 Å². The summed E-state index contributed by atoms with van der Waals surface area (Å²) in [6.45, 7) is 0.181. The highest BCUT2D eigenvalue weighted by Crippen LogP contribution is 2.34. The maximum Gasteiger partial charge on any atom is 0.261 e. The van der Waals surface area contributed by atoms with Crippen LogP contribution in [0.1, 0.15) is 31.1 Å². The number of carbonyl (C=O) groups excluding carboxylic acids is 1. The third-order valence-electron chi connectivity index (χ3n) is 5.21. The first kappa shape index (κ1) is 22.4. The van der Waals surface area contributed by atoms with Crippen LogP contribution in [0, 0.1) is 0 Å². The van der Waals surface area contributed by atoms with Gasteiger partial charge in [0.05, 0.1) is 15.8 Å². The molecular formula is C22H23ClN4O4S. The van der Waals surface area contributed by atoms with Gasteiger partial charge in [-0.05, 0) is 43.2 Å². The monoisotopic (exact) mass is 474 g/mol. The van der Waals surface area contributed by atoms with E-state index in [1.54, 1.807) is 28.8 Å². The smallest absolute Gasteiger partial charge is 0.261 e. The molecule has 1 saturated carbocycles. The van der Waals surface area contributed by atoms with E-state index in [9.17, 15) is 18.0 Å². The van der Waals surface area contributed by atoms with E-state index in [4.69, 9.17) is 11.6 Å². The third kappa shape index (κ3) is 5.17. The number of para-hydroxylation sites is 1. The van der Waals surface area contributed by atoms with Gasteiger partial charge in [0.15, 0.2) is 0 Å². The topological polar surface area (TPSA) is 110 Å². The van der Waals surface area contributed by atoms with Crippen LogP contribution in [-0.4, -0.2) is 37.0 Å². The molecular weight excluding hydrogens is 452 g/mol. The minimum Gasteiger partial charge on any atom is -0.355 e. The maximum absolute atomic E-state index is 12.9. The van der Waals surface area contributed by atoms with Crippen molar-refractivity contribution in [3.05, 3.63) is 69.7 Å². The molecule has 4 rings (SSSR count). The van der Waals surface area contributed by atoms with Gasteiger partial charge in [-0.25, -0.2) is 18.1 Å². The van der Waals surface area contributed by atoms with Crippen LogP contribution in [0.4, 0.5) is 0 Å². The number of halogens is 1. The zero-order valence-electron chi connectivity index (χ0n) is 17.3. The quantitative estimate of drug-likeness (QED) is 0.463. The molecule has 10 heteroatoms. The number of sulfonamides is 1. The van der Waals surface area contributed by atoms with Gasteiger partial charge in [0.1, 0.15) is 5.82 Å². The predicted molar refractivity (Wildman–Crippen MR) is 122 cm³/mol. The lowest BCUT2D eigenvalue weighted by molar-refractivity contribution is -0.121. The fourth-order valence-electron chi connectivity index (χ4n) is 3.50. The predicted octanol–water partition coefficient (Wildman–Crippen LogP) is 2.41. The van der Waals surface area contributed by atoms with Gasteiger partial charge in [-0.1, -0.05) is 29.8 Å². The largest absolute Gasteiger partial charge is 0.355 e. The Bertz CT molecular complexity index is 1320. The Balaban J connectivity index is 1.32. The number of hydrogen-bond acceptors (Lipinski definition) is 5. The molecule has 0 bridgehead atoms. The summed E-state index contributed by atoms with van der Waals surface area (Å²) in [7, 11) is -3.70. The minimum atomic E-state index is -3.70. The molecule has 0 saturated heterocycles. The van der Waals surface area contributed by atoms with Gasteiger partial charge in [-0.15, -0.1) is 0 Å². The molecule has 3 aromatic rings. The summed E-state index contributed by atoms with van der Waals surface area (Å²) in [6, 6.07) is 13.3. The van der Waals surface area contributed by atoms with E-state index < -0.39 is 10.0 Å². The first-order chi connectivity index (χ1) is 15.3. The normalized spacial score (nSPS) is 13.9. The van der Waals surface area contributed by atoms with E-state index in [0.29, 0.717) is 28.2 Å². The van der Waals surface area contributed by atoms with Crippen molar-refractivity contribution in [2.75, 3.05) is 13.1 Å². The highest BCUT2D eigenvalue weighted by Gasteiger charge is 2.28. The molecule has 2 N–H and O–H groups in total. The number of nitrogens with one attached hydrogen (secondary N) is 2. The molecule has 1 aliphatic rings. The first-order valence-electron chi connectivity index (χ1n) is 10.4. The number of carbonyl (C=O) groups is 1. The number of aromatic nitrogens is 2. The van der Waals surface area contributed by atoms with Gasteiger partial charge < -0.3 is 5.32 Å². The molecule has 168 valence electrons. The standard InChI is InChI=1S/C22H23ClN4O4S/c23-15-4-3-5-17(14-15)32(30,31)25-13-12-24-21(28)11-10-20-26-19-7-2-1-6-18(19)22(29)27(20)16-8-9-16/h1-7,14,16,25H,8-13H2,(H,24,28). The Hall–Kier alpha value is -2.75. The van der Waals surface area contributed by atoms with Crippen LogP contribution in [0.5, 0.6) is 0 Å². The molecule has 2 aromatic carbocycles. The number of benzene rings is 2. The van der Waals surface area contributed by atoms with E-state index in [-0.39, 0.29) is 41.9 Å². The average molecular weight is 475 g/mol. The van der Waals surface area contributed by atoms with E-state index in [2.05, 4.69) is 15.0 Å². The van der Waals surface area contributed by atoms with Gasteiger partial charge in [-0.3, -0.25) is 14.2 Å². The second-order valence-corrected chi connectivity index (χ2v) is 9.86. The van der Waals surface area contributed by atoms with Crippen molar-refractivity contribution in [3.63, 3.8) is 0 Å². The summed E-state index contributed by atoms with van der Waals surface area (Å²) in [6.07, 6.45) is 2.35. The molecule has 0 unspecified atom stereocenters. The summed E-state index contributed by atoms with van der Waals surface area (Å²) in [5, 5.41) is 3.61. The van der Waals surface area contributed by atoms with Crippen molar-refractivity contribution in [1.82, 2.24) is 19.6 Å². The highest BCUT2D eigenvalue weighted by atomic mass is 35.5. The number of hydrogen-bond donors (Lipinski definition) is 2. The molecule has 1 amide bonds. The lowest BCUT2D eigenvalue weighted by atomic mass is 10.2. The Morgan fingerprint density at radius 3 is 2.66 bits per heavy atom. The van der Waals surface area contributed by atoms with E-state index in [1.165, 1.54) is 12.1 Å². The summed E-state index contributed by atoms with van der Waals surface area (Å²) in [5.74, 6) is 0.365. The lowest BCUT2D eigenvalue weighted by Gasteiger charge is -2.13. The number of rotatable bonds is 9. The molecule has 0 radical (unpaired) electrons. The Morgan fingerprint density at radius 1 is 1.12 bits per heavy atom. The highest BCUT2D eigenvalue weighted by molar-refractivity contribution is 7.89. The molecule has 0 spiro atoms. The van der Waals surface area contributed by atoms with Crippen LogP contribution in [0.2, 0.25) is 5.02 Å². The third-order valence-corrected chi connectivity index (χ3v) is 6.91. The number of fused-ring (bicyclic) bond motifs is 1. The number of amides is 1. The van der Waals surface area contributed by atoms with Gasteiger partial charge in [0.25, 0.3) is 5.56 Å². The van der Waals surface area contributed by atoms with E-state index in [0.717, 1.165) is 12.8 Å². The van der Waals surface area contributed by atoms with Gasteiger partial charge in [0, 0.05) is 37.0 Å². The second-order valence-electron chi connectivity index (χ2n) is 7.66. The minimum absolute atomic E-state index is 0.0432. The molecule has 1 aromatic heterocycles. The Labute approximate surface area is 190 Å². The molecule has 0 atom stereocenters. The zero-order valence-corrected chi connectivity index (χ0v) is 18.8.